The Labute approximate surface area is 116 Å². The van der Waals surface area contributed by atoms with E-state index in [0.717, 1.165) is 0 Å². The van der Waals surface area contributed by atoms with E-state index in [0.29, 0.717) is 10.9 Å². The second kappa shape index (κ2) is 5.20. The molecule has 1 aromatic heterocycles. The van der Waals surface area contributed by atoms with Gasteiger partial charge in [0.1, 0.15) is 0 Å². The third-order valence-electron chi connectivity index (χ3n) is 2.65. The smallest absolute Gasteiger partial charge is 0.241 e. The van der Waals surface area contributed by atoms with Gasteiger partial charge in [-0.2, -0.15) is 0 Å². The largest absolute Gasteiger partial charge is 0.392 e. The van der Waals surface area contributed by atoms with Crippen molar-refractivity contribution >= 4 is 38.1 Å². The van der Waals surface area contributed by atoms with Crippen molar-refractivity contribution in [3.8, 4) is 0 Å². The van der Waals surface area contributed by atoms with Crippen molar-refractivity contribution in [2.24, 2.45) is 5.73 Å². The molecule has 0 spiro atoms. The zero-order valence-corrected chi connectivity index (χ0v) is 11.8. The van der Waals surface area contributed by atoms with Gasteiger partial charge in [-0.1, -0.05) is 18.3 Å². The highest BCUT2D eigenvalue weighted by atomic mass is 32.2. The Kier molecular flexibility index (Phi) is 3.79. The van der Waals surface area contributed by atoms with Crippen LogP contribution in [-0.4, -0.2) is 24.4 Å². The molecule has 0 radical (unpaired) electrons. The molecular formula is C12H13N3O2S2. The number of sulfonamides is 1. The molecule has 1 atom stereocenters. The molecule has 3 N–H and O–H groups in total. The molecule has 19 heavy (non-hydrogen) atoms. The van der Waals surface area contributed by atoms with Gasteiger partial charge in [0.25, 0.3) is 0 Å². The van der Waals surface area contributed by atoms with Gasteiger partial charge in [0, 0.05) is 11.6 Å². The number of rotatable bonds is 4. The third-order valence-corrected chi connectivity index (χ3v) is 4.61. The monoisotopic (exact) mass is 295 g/mol. The Morgan fingerprint density at radius 3 is 2.79 bits per heavy atom. The minimum Gasteiger partial charge on any atom is -0.392 e. The van der Waals surface area contributed by atoms with Crippen LogP contribution in [0.1, 0.15) is 6.92 Å². The van der Waals surface area contributed by atoms with Crippen molar-refractivity contribution in [2.45, 2.75) is 17.9 Å². The van der Waals surface area contributed by atoms with E-state index in [1.807, 2.05) is 0 Å². The van der Waals surface area contributed by atoms with E-state index >= 15 is 0 Å². The predicted octanol–water partition coefficient (Wildman–Crippen LogP) is 1.19. The number of hydrogen-bond acceptors (Lipinski definition) is 4. The number of nitrogens with zero attached hydrogens (tertiary/aromatic N) is 1. The lowest BCUT2D eigenvalue weighted by Crippen LogP contribution is -2.41. The van der Waals surface area contributed by atoms with Crippen LogP contribution in [0, 0.1) is 0 Å². The fraction of sp³-hybridized carbons (Fsp3) is 0.167. The number of aromatic nitrogens is 1. The molecule has 0 fully saturated rings. The molecule has 0 aliphatic heterocycles. The van der Waals surface area contributed by atoms with Crippen LogP contribution >= 0.6 is 12.2 Å². The topological polar surface area (TPSA) is 85.1 Å². The summed E-state index contributed by atoms with van der Waals surface area (Å²) in [7, 11) is -3.69. The molecule has 1 aromatic carbocycles. The van der Waals surface area contributed by atoms with Crippen molar-refractivity contribution in [3.63, 3.8) is 0 Å². The SMILES string of the molecule is CC(NS(=O)(=O)c1cccc2ncccc12)C(N)=S. The van der Waals surface area contributed by atoms with Crippen LogP contribution in [0.15, 0.2) is 41.4 Å². The molecule has 2 aromatic rings. The lowest BCUT2D eigenvalue weighted by Gasteiger charge is -2.13. The molecule has 0 aliphatic carbocycles. The maximum Gasteiger partial charge on any atom is 0.241 e. The Balaban J connectivity index is 2.52. The molecule has 0 aliphatic rings. The first-order valence-corrected chi connectivity index (χ1v) is 7.46. The van der Waals surface area contributed by atoms with Crippen LogP contribution in [0.4, 0.5) is 0 Å². The maximum absolute atomic E-state index is 12.3. The number of thiocarbonyl (C=S) groups is 1. The number of benzene rings is 1. The standard InChI is InChI=1S/C12H13N3O2S2/c1-8(12(13)18)15-19(16,17)11-6-2-5-10-9(11)4-3-7-14-10/h2-8,15H,1H3,(H2,13,18). The first-order chi connectivity index (χ1) is 8.92. The summed E-state index contributed by atoms with van der Waals surface area (Å²) in [6.07, 6.45) is 1.61. The number of pyridine rings is 1. The lowest BCUT2D eigenvalue weighted by molar-refractivity contribution is 0.579. The van der Waals surface area contributed by atoms with E-state index in [-0.39, 0.29) is 9.88 Å². The van der Waals surface area contributed by atoms with Gasteiger partial charge in [0.05, 0.1) is 21.4 Å². The fourth-order valence-corrected chi connectivity index (χ4v) is 3.24. The molecule has 1 unspecified atom stereocenters. The maximum atomic E-state index is 12.3. The van der Waals surface area contributed by atoms with Crippen LogP contribution in [0.5, 0.6) is 0 Å². The van der Waals surface area contributed by atoms with Crippen molar-refractivity contribution < 1.29 is 8.42 Å². The normalized spacial score (nSPS) is 13.3. The Hall–Kier alpha value is -1.57. The Bertz CT molecular complexity index is 723. The van der Waals surface area contributed by atoms with Crippen molar-refractivity contribution in [3.05, 3.63) is 36.5 Å². The number of nitrogens with one attached hydrogen (secondary N) is 1. The average molecular weight is 295 g/mol. The summed E-state index contributed by atoms with van der Waals surface area (Å²) in [5, 5.41) is 0.563. The number of fused-ring (bicyclic) bond motifs is 1. The second-order valence-electron chi connectivity index (χ2n) is 4.07. The Morgan fingerprint density at radius 2 is 2.11 bits per heavy atom. The number of nitrogens with two attached hydrogens (primary N) is 1. The quantitative estimate of drug-likeness (QED) is 0.828. The average Bonchev–Trinajstić information content (AvgIpc) is 2.37. The molecule has 0 bridgehead atoms. The minimum atomic E-state index is -3.69. The van der Waals surface area contributed by atoms with E-state index < -0.39 is 16.1 Å². The van der Waals surface area contributed by atoms with Gasteiger partial charge in [0.15, 0.2) is 0 Å². The van der Waals surface area contributed by atoms with E-state index in [9.17, 15) is 8.42 Å². The highest BCUT2D eigenvalue weighted by Gasteiger charge is 2.20. The summed E-state index contributed by atoms with van der Waals surface area (Å²) in [5.74, 6) is 0. The Morgan fingerprint density at radius 1 is 1.37 bits per heavy atom. The van der Waals surface area contributed by atoms with Crippen LogP contribution in [0.2, 0.25) is 0 Å². The molecular weight excluding hydrogens is 282 g/mol. The molecule has 7 heteroatoms. The van der Waals surface area contributed by atoms with E-state index in [4.69, 9.17) is 18.0 Å². The lowest BCUT2D eigenvalue weighted by atomic mass is 10.2. The van der Waals surface area contributed by atoms with Gasteiger partial charge in [0.2, 0.25) is 10.0 Å². The molecule has 0 amide bonds. The van der Waals surface area contributed by atoms with Crippen molar-refractivity contribution in [2.75, 3.05) is 0 Å². The molecule has 0 saturated carbocycles. The predicted molar refractivity (Wildman–Crippen MR) is 78.3 cm³/mol. The minimum absolute atomic E-state index is 0.0990. The molecule has 5 nitrogen and oxygen atoms in total. The highest BCUT2D eigenvalue weighted by molar-refractivity contribution is 7.90. The third kappa shape index (κ3) is 2.89. The van der Waals surface area contributed by atoms with Crippen LogP contribution in [-0.2, 0) is 10.0 Å². The van der Waals surface area contributed by atoms with E-state index in [1.54, 1.807) is 37.4 Å². The summed E-state index contributed by atoms with van der Waals surface area (Å²) >= 11 is 4.77. The summed E-state index contributed by atoms with van der Waals surface area (Å²) in [6, 6.07) is 7.73. The summed E-state index contributed by atoms with van der Waals surface area (Å²) in [5.41, 5.74) is 6.04. The molecule has 2 rings (SSSR count). The van der Waals surface area contributed by atoms with Gasteiger partial charge in [-0.05, 0) is 31.2 Å². The summed E-state index contributed by atoms with van der Waals surface area (Å²) in [6.45, 7) is 1.60. The summed E-state index contributed by atoms with van der Waals surface area (Å²) in [4.78, 5) is 4.39. The van der Waals surface area contributed by atoms with Crippen LogP contribution in [0.3, 0.4) is 0 Å². The first kappa shape index (κ1) is 13.9. The molecule has 1 heterocycles. The molecule has 0 saturated heterocycles. The van der Waals surface area contributed by atoms with Gasteiger partial charge in [-0.15, -0.1) is 0 Å². The van der Waals surface area contributed by atoms with Crippen molar-refractivity contribution in [1.82, 2.24) is 9.71 Å². The van der Waals surface area contributed by atoms with E-state index in [2.05, 4.69) is 9.71 Å². The first-order valence-electron chi connectivity index (χ1n) is 5.57. The van der Waals surface area contributed by atoms with Gasteiger partial charge < -0.3 is 5.73 Å². The summed E-state index contributed by atoms with van der Waals surface area (Å²) < 4.78 is 27.1. The van der Waals surface area contributed by atoms with Gasteiger partial charge in [-0.25, -0.2) is 13.1 Å². The zero-order chi connectivity index (χ0) is 14.0. The van der Waals surface area contributed by atoms with Crippen molar-refractivity contribution in [1.29, 1.82) is 0 Å². The van der Waals surface area contributed by atoms with E-state index in [1.165, 1.54) is 6.07 Å². The second-order valence-corrected chi connectivity index (χ2v) is 6.23. The fourth-order valence-electron chi connectivity index (χ4n) is 1.66. The molecule has 100 valence electrons. The number of hydrogen-bond donors (Lipinski definition) is 2. The van der Waals surface area contributed by atoms with Crippen LogP contribution < -0.4 is 10.5 Å². The van der Waals surface area contributed by atoms with Crippen LogP contribution in [0.25, 0.3) is 10.9 Å². The highest BCUT2D eigenvalue weighted by Crippen LogP contribution is 2.21. The van der Waals surface area contributed by atoms with Gasteiger partial charge in [-0.3, -0.25) is 4.98 Å². The van der Waals surface area contributed by atoms with Gasteiger partial charge >= 0.3 is 0 Å². The zero-order valence-electron chi connectivity index (χ0n) is 10.2.